The Hall–Kier alpha value is -5.12. The predicted molar refractivity (Wildman–Crippen MR) is 185 cm³/mol. The van der Waals surface area contributed by atoms with Gasteiger partial charge in [0.1, 0.15) is 5.82 Å². The van der Waals surface area contributed by atoms with Crippen molar-refractivity contribution in [2.24, 2.45) is 4.99 Å². The molecule has 4 aromatic carbocycles. The molecular formula is C37H39N7O2. The standard InChI is InChI=1S/C37H39N7O2/c1-43(2)19-17-38-36(45)26-9-5-24(6-10-26)33-23-30-21-28(13-15-31(30)40-33)29-14-16-32-34(22-29)42-35(41-32)25-7-11-27(12-8-25)37(46)39-18-20-44(3)4/h5-16,21-22H,17-20,23H2,1-4H3,(H,38,45)(H,39,46)(H,41,42). The molecule has 2 heterocycles. The van der Waals surface area contributed by atoms with Crippen LogP contribution in [0.15, 0.2) is 89.9 Å². The number of hydrogen-bond acceptors (Lipinski definition) is 6. The van der Waals surface area contributed by atoms with Crippen molar-refractivity contribution in [3.63, 3.8) is 0 Å². The molecule has 2 amide bonds. The van der Waals surface area contributed by atoms with Crippen LogP contribution in [0.4, 0.5) is 5.69 Å². The minimum Gasteiger partial charge on any atom is -0.351 e. The fourth-order valence-corrected chi connectivity index (χ4v) is 5.46. The molecule has 46 heavy (non-hydrogen) atoms. The zero-order chi connectivity index (χ0) is 32.2. The number of fused-ring (bicyclic) bond motifs is 2. The summed E-state index contributed by atoms with van der Waals surface area (Å²) in [6.45, 7) is 2.80. The van der Waals surface area contributed by atoms with Gasteiger partial charge in [-0.15, -0.1) is 0 Å². The van der Waals surface area contributed by atoms with Crippen molar-refractivity contribution in [1.82, 2.24) is 30.4 Å². The van der Waals surface area contributed by atoms with E-state index in [4.69, 9.17) is 9.98 Å². The van der Waals surface area contributed by atoms with Crippen LogP contribution in [-0.4, -0.2) is 91.7 Å². The number of likely N-dealkylation sites (N-methyl/N-ethyl adjacent to an activating group) is 2. The number of carbonyl (C=O) groups excluding carboxylic acids is 2. The number of benzene rings is 4. The van der Waals surface area contributed by atoms with Gasteiger partial charge in [0.2, 0.25) is 0 Å². The fourth-order valence-electron chi connectivity index (χ4n) is 5.46. The second-order valence-corrected chi connectivity index (χ2v) is 12.2. The summed E-state index contributed by atoms with van der Waals surface area (Å²) in [5.41, 5.74) is 10.4. The molecular weight excluding hydrogens is 574 g/mol. The van der Waals surface area contributed by atoms with Gasteiger partial charge in [-0.05, 0) is 99.0 Å². The number of nitrogens with zero attached hydrogens (tertiary/aromatic N) is 4. The highest BCUT2D eigenvalue weighted by Gasteiger charge is 2.18. The van der Waals surface area contributed by atoms with Gasteiger partial charge in [-0.2, -0.15) is 0 Å². The van der Waals surface area contributed by atoms with Crippen molar-refractivity contribution in [3.8, 4) is 22.5 Å². The number of imidazole rings is 1. The molecule has 1 aliphatic rings. The number of amides is 2. The molecule has 9 nitrogen and oxygen atoms in total. The number of hydrogen-bond donors (Lipinski definition) is 3. The molecule has 1 aromatic heterocycles. The summed E-state index contributed by atoms with van der Waals surface area (Å²) >= 11 is 0. The summed E-state index contributed by atoms with van der Waals surface area (Å²) in [4.78, 5) is 42.1. The molecule has 0 bridgehead atoms. The normalized spacial score (nSPS) is 12.4. The van der Waals surface area contributed by atoms with E-state index in [1.165, 1.54) is 5.56 Å². The quantitative estimate of drug-likeness (QED) is 0.191. The second kappa shape index (κ2) is 13.5. The predicted octanol–water partition coefficient (Wildman–Crippen LogP) is 5.16. The van der Waals surface area contributed by atoms with E-state index in [-0.39, 0.29) is 11.8 Å². The lowest BCUT2D eigenvalue weighted by molar-refractivity contribution is 0.0942. The van der Waals surface area contributed by atoms with Crippen LogP contribution in [0.3, 0.4) is 0 Å². The van der Waals surface area contributed by atoms with E-state index in [1.54, 1.807) is 0 Å². The van der Waals surface area contributed by atoms with Crippen molar-refractivity contribution in [2.45, 2.75) is 6.42 Å². The maximum absolute atomic E-state index is 12.5. The third-order valence-corrected chi connectivity index (χ3v) is 8.10. The number of rotatable bonds is 11. The Morgan fingerprint density at radius 3 is 1.85 bits per heavy atom. The van der Waals surface area contributed by atoms with Gasteiger partial charge >= 0.3 is 0 Å². The Morgan fingerprint density at radius 1 is 0.696 bits per heavy atom. The van der Waals surface area contributed by atoms with Gasteiger partial charge in [0.25, 0.3) is 11.8 Å². The lowest BCUT2D eigenvalue weighted by atomic mass is 9.98. The van der Waals surface area contributed by atoms with Crippen molar-refractivity contribution in [2.75, 3.05) is 54.4 Å². The number of aliphatic imine (C=N–C) groups is 1. The van der Waals surface area contributed by atoms with Crippen LogP contribution in [0.5, 0.6) is 0 Å². The first-order valence-corrected chi connectivity index (χ1v) is 15.5. The Morgan fingerprint density at radius 2 is 1.24 bits per heavy atom. The molecule has 9 heteroatoms. The van der Waals surface area contributed by atoms with Crippen LogP contribution in [0, 0.1) is 0 Å². The van der Waals surface area contributed by atoms with Crippen LogP contribution in [0.1, 0.15) is 31.8 Å². The summed E-state index contributed by atoms with van der Waals surface area (Å²) in [6.07, 6.45) is 0.734. The molecule has 3 N–H and O–H groups in total. The summed E-state index contributed by atoms with van der Waals surface area (Å²) in [6, 6.07) is 27.8. The number of carbonyl (C=O) groups is 2. The zero-order valence-electron chi connectivity index (χ0n) is 26.7. The molecule has 0 unspecified atom stereocenters. The molecule has 0 radical (unpaired) electrons. The Kier molecular flexibility index (Phi) is 9.05. The first kappa shape index (κ1) is 30.9. The van der Waals surface area contributed by atoms with Crippen LogP contribution in [0.25, 0.3) is 33.5 Å². The first-order chi connectivity index (χ1) is 22.2. The maximum Gasteiger partial charge on any atom is 0.251 e. The lowest BCUT2D eigenvalue weighted by Gasteiger charge is -2.10. The average Bonchev–Trinajstić information content (AvgIpc) is 3.68. The van der Waals surface area contributed by atoms with Crippen molar-refractivity contribution in [3.05, 3.63) is 107 Å². The van der Waals surface area contributed by atoms with Gasteiger partial charge in [-0.3, -0.25) is 14.6 Å². The monoisotopic (exact) mass is 613 g/mol. The van der Waals surface area contributed by atoms with Gasteiger partial charge in [0, 0.05) is 49.3 Å². The van der Waals surface area contributed by atoms with Crippen LogP contribution < -0.4 is 10.6 Å². The van der Waals surface area contributed by atoms with Gasteiger partial charge < -0.3 is 25.4 Å². The first-order valence-electron chi connectivity index (χ1n) is 15.5. The highest BCUT2D eigenvalue weighted by atomic mass is 16.2. The topological polar surface area (TPSA) is 106 Å². The Balaban J connectivity index is 1.12. The van der Waals surface area contributed by atoms with E-state index >= 15 is 0 Å². The Bertz CT molecular complexity index is 1910. The molecule has 1 aliphatic heterocycles. The number of H-pyrrole nitrogens is 1. The molecule has 5 aromatic rings. The molecule has 0 atom stereocenters. The SMILES string of the molecule is CN(C)CCNC(=O)c1ccc(C2=Nc3ccc(-c4ccc5nc(-c6ccc(C(=O)NCCN(C)C)cc6)[nH]c5c4)cc3C2)cc1. The highest BCUT2D eigenvalue weighted by molar-refractivity contribution is 6.07. The van der Waals surface area contributed by atoms with Gasteiger partial charge in [-0.25, -0.2) is 4.98 Å². The molecule has 0 spiro atoms. The number of aromatic amines is 1. The van der Waals surface area contributed by atoms with Crippen molar-refractivity contribution >= 4 is 34.2 Å². The average molecular weight is 614 g/mol. The summed E-state index contributed by atoms with van der Waals surface area (Å²) in [7, 11) is 7.93. The van der Waals surface area contributed by atoms with Gasteiger partial charge in [0.15, 0.2) is 0 Å². The Labute approximate surface area is 269 Å². The van der Waals surface area contributed by atoms with E-state index in [0.717, 1.165) is 70.0 Å². The summed E-state index contributed by atoms with van der Waals surface area (Å²) < 4.78 is 0. The largest absolute Gasteiger partial charge is 0.351 e. The summed E-state index contributed by atoms with van der Waals surface area (Å²) in [5.74, 6) is 0.614. The van der Waals surface area contributed by atoms with Crippen LogP contribution in [0.2, 0.25) is 0 Å². The number of nitrogens with one attached hydrogen (secondary N) is 3. The highest BCUT2D eigenvalue weighted by Crippen LogP contribution is 2.34. The fraction of sp³-hybridized carbons (Fsp3) is 0.243. The zero-order valence-corrected chi connectivity index (χ0v) is 26.7. The summed E-state index contributed by atoms with van der Waals surface area (Å²) in [5, 5.41) is 5.91. The minimum absolute atomic E-state index is 0.0651. The molecule has 0 saturated heterocycles. The molecule has 234 valence electrons. The van der Waals surface area contributed by atoms with E-state index < -0.39 is 0 Å². The second-order valence-electron chi connectivity index (χ2n) is 12.2. The van der Waals surface area contributed by atoms with Gasteiger partial charge in [-0.1, -0.05) is 36.4 Å². The molecule has 0 fully saturated rings. The third-order valence-electron chi connectivity index (χ3n) is 8.10. The molecule has 6 rings (SSSR count). The van der Waals surface area contributed by atoms with E-state index in [1.807, 2.05) is 92.6 Å². The number of aromatic nitrogens is 2. The lowest BCUT2D eigenvalue weighted by Crippen LogP contribution is -2.31. The molecule has 0 saturated carbocycles. The van der Waals surface area contributed by atoms with Crippen LogP contribution in [-0.2, 0) is 6.42 Å². The van der Waals surface area contributed by atoms with Crippen molar-refractivity contribution in [1.29, 1.82) is 0 Å². The van der Waals surface area contributed by atoms with Crippen molar-refractivity contribution < 1.29 is 9.59 Å². The maximum atomic E-state index is 12.5. The third kappa shape index (κ3) is 7.06. The molecule has 0 aliphatic carbocycles. The van der Waals surface area contributed by atoms with Gasteiger partial charge in [0.05, 0.1) is 22.4 Å². The van der Waals surface area contributed by atoms with E-state index in [9.17, 15) is 9.59 Å². The van der Waals surface area contributed by atoms with Crippen LogP contribution >= 0.6 is 0 Å². The van der Waals surface area contributed by atoms with E-state index in [2.05, 4.69) is 45.9 Å². The van der Waals surface area contributed by atoms with E-state index in [0.29, 0.717) is 24.2 Å². The smallest absolute Gasteiger partial charge is 0.251 e. The minimum atomic E-state index is -0.0805.